The van der Waals surface area contributed by atoms with Crippen LogP contribution in [0.3, 0.4) is 0 Å². The van der Waals surface area contributed by atoms with Crippen molar-refractivity contribution in [1.29, 1.82) is 0 Å². The van der Waals surface area contributed by atoms with E-state index in [4.69, 9.17) is 5.11 Å². The number of aliphatic carboxylic acids is 1. The molecule has 2 unspecified atom stereocenters. The number of carboxylic acid groups (broad SMARTS) is 1. The zero-order valence-electron chi connectivity index (χ0n) is 11.9. The molecule has 0 aliphatic heterocycles. The van der Waals surface area contributed by atoms with Crippen LogP contribution in [0.25, 0.3) is 0 Å². The average molecular weight is 258 g/mol. The van der Waals surface area contributed by atoms with Crippen molar-refractivity contribution in [1.82, 2.24) is 10.2 Å². The van der Waals surface area contributed by atoms with Crippen LogP contribution in [0.1, 0.15) is 40.5 Å². The fraction of sp³-hybridized carbons (Fsp3) is 0.846. The van der Waals surface area contributed by atoms with Crippen molar-refractivity contribution in [2.75, 3.05) is 19.6 Å². The number of carbonyl (C=O) groups excluding carboxylic acids is 1. The van der Waals surface area contributed by atoms with Gasteiger partial charge in [0, 0.05) is 12.6 Å². The van der Waals surface area contributed by atoms with Crippen LogP contribution in [0, 0.1) is 5.92 Å². The molecule has 2 atom stereocenters. The SMILES string of the molecule is CCCN(CC(=O)NC(C)CC)CC(C)C(=O)O. The van der Waals surface area contributed by atoms with Gasteiger partial charge < -0.3 is 10.4 Å². The number of rotatable bonds is 9. The van der Waals surface area contributed by atoms with E-state index in [9.17, 15) is 9.59 Å². The summed E-state index contributed by atoms with van der Waals surface area (Å²) in [6, 6.07) is 0.165. The molecule has 0 heterocycles. The molecule has 0 fully saturated rings. The lowest BCUT2D eigenvalue weighted by Gasteiger charge is -2.23. The van der Waals surface area contributed by atoms with Crippen molar-refractivity contribution >= 4 is 11.9 Å². The lowest BCUT2D eigenvalue weighted by molar-refractivity contribution is -0.142. The van der Waals surface area contributed by atoms with Gasteiger partial charge in [0.05, 0.1) is 12.5 Å². The molecule has 18 heavy (non-hydrogen) atoms. The minimum atomic E-state index is -0.821. The van der Waals surface area contributed by atoms with Crippen molar-refractivity contribution in [3.05, 3.63) is 0 Å². The first-order chi connectivity index (χ1) is 8.40. The van der Waals surface area contributed by atoms with Crippen LogP contribution in [0.4, 0.5) is 0 Å². The van der Waals surface area contributed by atoms with Gasteiger partial charge in [-0.1, -0.05) is 20.8 Å². The fourth-order valence-electron chi connectivity index (χ4n) is 1.64. The third kappa shape index (κ3) is 7.27. The van der Waals surface area contributed by atoms with Crippen LogP contribution in [0.15, 0.2) is 0 Å². The molecule has 0 spiro atoms. The highest BCUT2D eigenvalue weighted by Gasteiger charge is 2.18. The van der Waals surface area contributed by atoms with E-state index < -0.39 is 11.9 Å². The van der Waals surface area contributed by atoms with E-state index in [1.54, 1.807) is 6.92 Å². The molecule has 0 radical (unpaired) electrons. The van der Waals surface area contributed by atoms with Crippen molar-refractivity contribution in [3.63, 3.8) is 0 Å². The molecular formula is C13H26N2O3. The topological polar surface area (TPSA) is 69.6 Å². The van der Waals surface area contributed by atoms with Gasteiger partial charge in [0.25, 0.3) is 0 Å². The maximum atomic E-state index is 11.7. The van der Waals surface area contributed by atoms with Gasteiger partial charge in [0.15, 0.2) is 0 Å². The van der Waals surface area contributed by atoms with Gasteiger partial charge in [-0.2, -0.15) is 0 Å². The van der Waals surface area contributed by atoms with E-state index in [1.165, 1.54) is 0 Å². The Labute approximate surface area is 110 Å². The Hall–Kier alpha value is -1.10. The Balaban J connectivity index is 4.25. The first-order valence-electron chi connectivity index (χ1n) is 6.65. The molecule has 0 aliphatic carbocycles. The predicted octanol–water partition coefficient (Wildman–Crippen LogP) is 1.33. The highest BCUT2D eigenvalue weighted by molar-refractivity contribution is 5.78. The summed E-state index contributed by atoms with van der Waals surface area (Å²) in [6.07, 6.45) is 1.80. The van der Waals surface area contributed by atoms with Crippen LogP contribution >= 0.6 is 0 Å². The Morgan fingerprint density at radius 1 is 1.28 bits per heavy atom. The summed E-state index contributed by atoms with van der Waals surface area (Å²) in [5, 5.41) is 11.8. The standard InChI is InChI=1S/C13H26N2O3/c1-5-7-15(8-10(3)13(17)18)9-12(16)14-11(4)6-2/h10-11H,5-9H2,1-4H3,(H,14,16)(H,17,18). The second-order valence-electron chi connectivity index (χ2n) is 4.85. The van der Waals surface area contributed by atoms with Crippen LogP contribution in [-0.2, 0) is 9.59 Å². The summed E-state index contributed by atoms with van der Waals surface area (Å²) in [4.78, 5) is 24.5. The molecule has 0 saturated carbocycles. The van der Waals surface area contributed by atoms with Gasteiger partial charge in [-0.05, 0) is 26.3 Å². The lowest BCUT2D eigenvalue weighted by Crippen LogP contribution is -2.43. The summed E-state index contributed by atoms with van der Waals surface area (Å²) < 4.78 is 0. The number of nitrogens with zero attached hydrogens (tertiary/aromatic N) is 1. The summed E-state index contributed by atoms with van der Waals surface area (Å²) >= 11 is 0. The van der Waals surface area contributed by atoms with Gasteiger partial charge in [-0.3, -0.25) is 14.5 Å². The van der Waals surface area contributed by atoms with Crippen LogP contribution < -0.4 is 5.32 Å². The largest absolute Gasteiger partial charge is 0.481 e. The van der Waals surface area contributed by atoms with Gasteiger partial charge in [-0.25, -0.2) is 0 Å². The Bertz CT molecular complexity index is 269. The summed E-state index contributed by atoms with van der Waals surface area (Å²) in [6.45, 7) is 9.09. The predicted molar refractivity (Wildman–Crippen MR) is 71.4 cm³/mol. The minimum Gasteiger partial charge on any atom is -0.481 e. The lowest BCUT2D eigenvalue weighted by atomic mass is 10.1. The third-order valence-corrected chi connectivity index (χ3v) is 2.88. The molecule has 2 N–H and O–H groups in total. The number of hydrogen-bond acceptors (Lipinski definition) is 3. The van der Waals surface area contributed by atoms with Gasteiger partial charge in [0.1, 0.15) is 0 Å². The average Bonchev–Trinajstić information content (AvgIpc) is 2.28. The highest BCUT2D eigenvalue weighted by Crippen LogP contribution is 2.01. The smallest absolute Gasteiger partial charge is 0.307 e. The quantitative estimate of drug-likeness (QED) is 0.654. The summed E-state index contributed by atoms with van der Waals surface area (Å²) in [7, 11) is 0. The van der Waals surface area contributed by atoms with Gasteiger partial charge in [0.2, 0.25) is 5.91 Å². The molecule has 0 aromatic rings. The molecule has 0 rings (SSSR count). The maximum Gasteiger partial charge on any atom is 0.307 e. The monoisotopic (exact) mass is 258 g/mol. The third-order valence-electron chi connectivity index (χ3n) is 2.88. The number of hydrogen-bond donors (Lipinski definition) is 2. The van der Waals surface area contributed by atoms with Gasteiger partial charge in [-0.15, -0.1) is 0 Å². The van der Waals surface area contributed by atoms with Crippen molar-refractivity contribution in [2.24, 2.45) is 5.92 Å². The molecule has 0 aromatic carbocycles. The normalized spacial score (nSPS) is 14.3. The maximum absolute atomic E-state index is 11.7. The molecule has 5 nitrogen and oxygen atoms in total. The molecule has 106 valence electrons. The molecule has 5 heteroatoms. The number of carboxylic acids is 1. The molecule has 0 saturated heterocycles. The number of amides is 1. The van der Waals surface area contributed by atoms with Gasteiger partial charge >= 0.3 is 5.97 Å². The molecule has 1 amide bonds. The van der Waals surface area contributed by atoms with E-state index in [2.05, 4.69) is 5.32 Å². The second kappa shape index (κ2) is 8.91. The summed E-state index contributed by atoms with van der Waals surface area (Å²) in [5.41, 5.74) is 0. The first-order valence-corrected chi connectivity index (χ1v) is 6.65. The first kappa shape index (κ1) is 16.9. The highest BCUT2D eigenvalue weighted by atomic mass is 16.4. The summed E-state index contributed by atoms with van der Waals surface area (Å²) in [5.74, 6) is -1.30. The van der Waals surface area contributed by atoms with Crippen molar-refractivity contribution in [2.45, 2.75) is 46.6 Å². The van der Waals surface area contributed by atoms with Crippen LogP contribution in [-0.4, -0.2) is 47.6 Å². The van der Waals surface area contributed by atoms with E-state index >= 15 is 0 Å². The zero-order valence-corrected chi connectivity index (χ0v) is 11.9. The van der Waals surface area contributed by atoms with Crippen molar-refractivity contribution in [3.8, 4) is 0 Å². The second-order valence-corrected chi connectivity index (χ2v) is 4.85. The van der Waals surface area contributed by atoms with E-state index in [0.717, 1.165) is 19.4 Å². The molecule has 0 aliphatic rings. The Kier molecular flexibility index (Phi) is 8.37. The van der Waals surface area contributed by atoms with E-state index in [-0.39, 0.29) is 18.5 Å². The fourth-order valence-corrected chi connectivity index (χ4v) is 1.64. The number of nitrogens with one attached hydrogen (secondary N) is 1. The molecule has 0 aromatic heterocycles. The number of carbonyl (C=O) groups is 2. The van der Waals surface area contributed by atoms with Crippen LogP contribution in [0.2, 0.25) is 0 Å². The van der Waals surface area contributed by atoms with Crippen LogP contribution in [0.5, 0.6) is 0 Å². The Morgan fingerprint density at radius 3 is 2.33 bits per heavy atom. The van der Waals surface area contributed by atoms with E-state index in [0.29, 0.717) is 6.54 Å². The molecule has 0 bridgehead atoms. The van der Waals surface area contributed by atoms with Crippen molar-refractivity contribution < 1.29 is 14.7 Å². The molecular weight excluding hydrogens is 232 g/mol. The zero-order chi connectivity index (χ0) is 14.1. The van der Waals surface area contributed by atoms with E-state index in [1.807, 2.05) is 25.7 Å². The Morgan fingerprint density at radius 2 is 1.89 bits per heavy atom. The minimum absolute atomic E-state index is 0.0320.